The van der Waals surface area contributed by atoms with E-state index >= 15 is 0 Å². The first-order valence-electron chi connectivity index (χ1n) is 10.8. The van der Waals surface area contributed by atoms with Gasteiger partial charge in [-0.25, -0.2) is 4.79 Å². The van der Waals surface area contributed by atoms with E-state index in [2.05, 4.69) is 0 Å². The SMILES string of the molecule is C/C=C(\C)C(=O)O[C@@]12[C@H](O)C[C@@]3(O)[C@@H](C=C(CO)C[C@]4(O)C(=O)C(C)=C[C@@H]34)[C@@H]1C2(C)C. The Balaban J connectivity index is 1.84. The van der Waals surface area contributed by atoms with Gasteiger partial charge >= 0.3 is 5.97 Å². The fraction of sp³-hybridized carbons (Fsp3) is 0.667. The van der Waals surface area contributed by atoms with Gasteiger partial charge in [-0.05, 0) is 31.9 Å². The fourth-order valence-corrected chi connectivity index (χ4v) is 6.69. The van der Waals surface area contributed by atoms with Crippen LogP contribution < -0.4 is 0 Å². The maximum absolute atomic E-state index is 12.8. The van der Waals surface area contributed by atoms with Crippen LogP contribution in [-0.2, 0) is 14.3 Å². The van der Waals surface area contributed by atoms with E-state index in [9.17, 15) is 30.0 Å². The van der Waals surface area contributed by atoms with Gasteiger partial charge in [-0.1, -0.05) is 32.1 Å². The molecule has 2 fully saturated rings. The number of carbonyl (C=O) groups is 2. The number of fused-ring (bicyclic) bond motifs is 5. The van der Waals surface area contributed by atoms with Crippen molar-refractivity contribution in [2.24, 2.45) is 23.2 Å². The van der Waals surface area contributed by atoms with Crippen molar-refractivity contribution >= 4 is 11.8 Å². The molecule has 4 N–H and O–H groups in total. The van der Waals surface area contributed by atoms with Gasteiger partial charge in [-0.2, -0.15) is 0 Å². The Bertz CT molecular complexity index is 944. The molecule has 4 aliphatic carbocycles. The molecule has 0 spiro atoms. The summed E-state index contributed by atoms with van der Waals surface area (Å²) in [7, 11) is 0. The van der Waals surface area contributed by atoms with Gasteiger partial charge in [-0.3, -0.25) is 4.79 Å². The van der Waals surface area contributed by atoms with Crippen molar-refractivity contribution in [3.63, 3.8) is 0 Å². The molecule has 0 aromatic carbocycles. The quantitative estimate of drug-likeness (QED) is 0.300. The van der Waals surface area contributed by atoms with Crippen LogP contribution in [0.2, 0.25) is 0 Å². The predicted octanol–water partition coefficient (Wildman–Crippen LogP) is 1.20. The van der Waals surface area contributed by atoms with Crippen LogP contribution in [0, 0.1) is 23.2 Å². The summed E-state index contributed by atoms with van der Waals surface area (Å²) in [6.07, 6.45) is 3.52. The number of ketones is 1. The summed E-state index contributed by atoms with van der Waals surface area (Å²) in [5.74, 6) is -3.00. The maximum atomic E-state index is 12.8. The molecule has 7 nitrogen and oxygen atoms in total. The molecule has 0 amide bonds. The lowest BCUT2D eigenvalue weighted by Crippen LogP contribution is -2.61. The Morgan fingerprint density at radius 2 is 1.94 bits per heavy atom. The number of Topliss-reactive ketones (excluding diaryl/α,β-unsaturated/α-hetero) is 1. The van der Waals surface area contributed by atoms with Gasteiger partial charge in [0, 0.05) is 41.6 Å². The normalized spacial score (nSPS) is 45.6. The van der Waals surface area contributed by atoms with E-state index in [0.717, 1.165) is 0 Å². The minimum Gasteiger partial charge on any atom is -0.452 e. The second-order valence-electron chi connectivity index (χ2n) is 10.3. The summed E-state index contributed by atoms with van der Waals surface area (Å²) in [4.78, 5) is 25.5. The van der Waals surface area contributed by atoms with Gasteiger partial charge < -0.3 is 25.2 Å². The van der Waals surface area contributed by atoms with Crippen molar-refractivity contribution in [2.75, 3.05) is 6.61 Å². The summed E-state index contributed by atoms with van der Waals surface area (Å²) in [6, 6.07) is 0. The average Bonchev–Trinajstić information content (AvgIpc) is 3.14. The topological polar surface area (TPSA) is 124 Å². The zero-order chi connectivity index (χ0) is 23.1. The van der Waals surface area contributed by atoms with Crippen molar-refractivity contribution in [2.45, 2.75) is 70.4 Å². The summed E-state index contributed by atoms with van der Waals surface area (Å²) < 4.78 is 5.91. The van der Waals surface area contributed by atoms with Crippen LogP contribution in [0.25, 0.3) is 0 Å². The fourth-order valence-electron chi connectivity index (χ4n) is 6.69. The lowest BCUT2D eigenvalue weighted by atomic mass is 9.63. The van der Waals surface area contributed by atoms with Crippen LogP contribution in [0.3, 0.4) is 0 Å². The van der Waals surface area contributed by atoms with E-state index < -0.39 is 57.8 Å². The molecule has 0 bridgehead atoms. The van der Waals surface area contributed by atoms with Crippen molar-refractivity contribution in [3.8, 4) is 0 Å². The number of aliphatic hydroxyl groups excluding tert-OH is 2. The molecule has 0 radical (unpaired) electrons. The van der Waals surface area contributed by atoms with E-state index in [1.165, 1.54) is 0 Å². The molecule has 0 aromatic rings. The molecule has 0 saturated heterocycles. The van der Waals surface area contributed by atoms with Crippen LogP contribution in [-0.4, -0.2) is 61.7 Å². The molecule has 7 heteroatoms. The van der Waals surface area contributed by atoms with Crippen molar-refractivity contribution < 1.29 is 34.8 Å². The highest BCUT2D eigenvalue weighted by Gasteiger charge is 2.85. The molecular weight excluding hydrogens is 400 g/mol. The van der Waals surface area contributed by atoms with Crippen molar-refractivity contribution in [1.29, 1.82) is 0 Å². The summed E-state index contributed by atoms with van der Waals surface area (Å²) in [5, 5.41) is 44.5. The van der Waals surface area contributed by atoms with Crippen LogP contribution in [0.15, 0.2) is 34.9 Å². The summed E-state index contributed by atoms with van der Waals surface area (Å²) in [6.45, 7) is 8.37. The van der Waals surface area contributed by atoms with Crippen LogP contribution in [0.4, 0.5) is 0 Å². The van der Waals surface area contributed by atoms with Gasteiger partial charge in [0.25, 0.3) is 0 Å². The van der Waals surface area contributed by atoms with Crippen LogP contribution >= 0.6 is 0 Å². The molecular formula is C24H32O7. The highest BCUT2D eigenvalue weighted by Crippen LogP contribution is 2.75. The smallest absolute Gasteiger partial charge is 0.334 e. The van der Waals surface area contributed by atoms with Crippen molar-refractivity contribution in [3.05, 3.63) is 34.9 Å². The Morgan fingerprint density at radius 3 is 2.52 bits per heavy atom. The largest absolute Gasteiger partial charge is 0.452 e. The molecule has 170 valence electrons. The van der Waals surface area contributed by atoms with E-state index in [1.54, 1.807) is 39.0 Å². The van der Waals surface area contributed by atoms with Gasteiger partial charge in [0.05, 0.1) is 18.3 Å². The number of aliphatic hydroxyl groups is 4. The summed E-state index contributed by atoms with van der Waals surface area (Å²) >= 11 is 0. The lowest BCUT2D eigenvalue weighted by molar-refractivity contribution is -0.193. The third-order valence-corrected chi connectivity index (χ3v) is 8.47. The first-order valence-corrected chi connectivity index (χ1v) is 10.8. The number of hydrogen-bond donors (Lipinski definition) is 4. The monoisotopic (exact) mass is 432 g/mol. The molecule has 4 rings (SSSR count). The molecule has 0 heterocycles. The van der Waals surface area contributed by atoms with E-state index in [1.807, 2.05) is 13.8 Å². The average molecular weight is 433 g/mol. The van der Waals surface area contributed by atoms with Gasteiger partial charge in [0.15, 0.2) is 5.78 Å². The second kappa shape index (κ2) is 6.61. The molecule has 31 heavy (non-hydrogen) atoms. The minimum absolute atomic E-state index is 0.0899. The molecule has 0 aliphatic heterocycles. The van der Waals surface area contributed by atoms with E-state index in [-0.39, 0.29) is 19.4 Å². The molecule has 0 aromatic heterocycles. The number of allylic oxidation sites excluding steroid dienone is 1. The lowest BCUT2D eigenvalue weighted by Gasteiger charge is -2.48. The molecule has 2 saturated carbocycles. The highest BCUT2D eigenvalue weighted by molar-refractivity contribution is 6.04. The number of ether oxygens (including phenoxy) is 1. The van der Waals surface area contributed by atoms with Gasteiger partial charge in [0.1, 0.15) is 11.2 Å². The Hall–Kier alpha value is -1.80. The van der Waals surface area contributed by atoms with Gasteiger partial charge in [0.2, 0.25) is 0 Å². The predicted molar refractivity (Wildman–Crippen MR) is 112 cm³/mol. The first-order chi connectivity index (χ1) is 14.3. The standard InChI is InChI=1S/C24H32O7/c1-6-12(2)20(28)31-24-17(26)10-22(29)15(18(24)21(24,4)5)8-14(11-25)9-23(30)16(22)7-13(3)19(23)27/h6-8,15-18,25-26,29-30H,9-11H2,1-5H3/b12-6+/t15-,16-,17+,18+,22+,23+,24-/m0/s1. The van der Waals surface area contributed by atoms with E-state index in [4.69, 9.17) is 4.74 Å². The molecule has 0 unspecified atom stereocenters. The zero-order valence-corrected chi connectivity index (χ0v) is 18.7. The van der Waals surface area contributed by atoms with Crippen molar-refractivity contribution in [1.82, 2.24) is 0 Å². The molecule has 4 aliphatic rings. The Labute approximate surface area is 182 Å². The van der Waals surface area contributed by atoms with E-state index in [0.29, 0.717) is 16.7 Å². The molecule has 7 atom stereocenters. The zero-order valence-electron chi connectivity index (χ0n) is 18.7. The number of hydrogen-bond acceptors (Lipinski definition) is 7. The first kappa shape index (κ1) is 22.4. The van der Waals surface area contributed by atoms with Crippen LogP contribution in [0.1, 0.15) is 47.5 Å². The number of rotatable bonds is 3. The third kappa shape index (κ3) is 2.61. The van der Waals surface area contributed by atoms with Crippen LogP contribution in [0.5, 0.6) is 0 Å². The second-order valence-corrected chi connectivity index (χ2v) is 10.3. The maximum Gasteiger partial charge on any atom is 0.334 e. The summed E-state index contributed by atoms with van der Waals surface area (Å²) in [5.41, 5.74) is -4.14. The number of esters is 1. The minimum atomic E-state index is -1.88. The Kier molecular flexibility index (Phi) is 4.77. The number of carbonyl (C=O) groups excluding carboxylic acids is 2. The Morgan fingerprint density at radius 1 is 1.29 bits per heavy atom. The highest BCUT2D eigenvalue weighted by atomic mass is 16.6. The third-order valence-electron chi connectivity index (χ3n) is 8.47. The van der Waals surface area contributed by atoms with Gasteiger partial charge in [-0.15, -0.1) is 0 Å².